The summed E-state index contributed by atoms with van der Waals surface area (Å²) in [6, 6.07) is 3.97. The van der Waals surface area contributed by atoms with Crippen molar-refractivity contribution < 1.29 is 4.79 Å². The van der Waals surface area contributed by atoms with Gasteiger partial charge in [-0.1, -0.05) is 6.42 Å². The number of carbonyl (C=O) groups excluding carboxylic acids is 1. The van der Waals surface area contributed by atoms with Gasteiger partial charge in [0.1, 0.15) is 0 Å². The first-order chi connectivity index (χ1) is 8.18. The van der Waals surface area contributed by atoms with Crippen LogP contribution >= 0.6 is 0 Å². The average molecular weight is 235 g/mol. The smallest absolute Gasteiger partial charge is 0.230 e. The van der Waals surface area contributed by atoms with E-state index in [1.54, 1.807) is 0 Å². The minimum atomic E-state index is -0.143. The fraction of sp³-hybridized carbons (Fsp3) is 0.615. The van der Waals surface area contributed by atoms with E-state index in [9.17, 15) is 4.79 Å². The second-order valence-corrected chi connectivity index (χ2v) is 5.02. The van der Waals surface area contributed by atoms with Gasteiger partial charge in [0.15, 0.2) is 0 Å². The summed E-state index contributed by atoms with van der Waals surface area (Å²) in [6.45, 7) is 1.46. The molecule has 0 spiro atoms. The highest BCUT2D eigenvalue weighted by molar-refractivity contribution is 5.83. The van der Waals surface area contributed by atoms with Crippen LogP contribution in [0.5, 0.6) is 0 Å². The molecule has 1 aliphatic rings. The average Bonchev–Trinajstić information content (AvgIpc) is 2.75. The van der Waals surface area contributed by atoms with Crippen molar-refractivity contribution in [3.8, 4) is 0 Å². The van der Waals surface area contributed by atoms with Crippen molar-refractivity contribution >= 4 is 5.91 Å². The molecule has 0 aromatic carbocycles. The van der Waals surface area contributed by atoms with Gasteiger partial charge in [0.05, 0.1) is 12.0 Å². The van der Waals surface area contributed by atoms with Crippen LogP contribution in [0.1, 0.15) is 25.0 Å². The van der Waals surface area contributed by atoms with Gasteiger partial charge in [0.2, 0.25) is 5.91 Å². The zero-order valence-corrected chi connectivity index (χ0v) is 10.6. The Kier molecular flexibility index (Phi) is 3.52. The summed E-state index contributed by atoms with van der Waals surface area (Å²) in [4.78, 5) is 17.4. The Morgan fingerprint density at radius 2 is 2.35 bits per heavy atom. The lowest BCUT2D eigenvalue weighted by atomic mass is 9.67. The third-order valence-electron chi connectivity index (χ3n) is 3.70. The Morgan fingerprint density at radius 1 is 1.59 bits per heavy atom. The summed E-state index contributed by atoms with van der Waals surface area (Å²) in [5.41, 5.74) is 0.940. The first-order valence-electron chi connectivity index (χ1n) is 6.20. The molecule has 2 N–H and O–H groups in total. The van der Waals surface area contributed by atoms with Crippen molar-refractivity contribution in [3.63, 3.8) is 0 Å². The third kappa shape index (κ3) is 2.36. The van der Waals surface area contributed by atoms with Crippen LogP contribution < -0.4 is 5.32 Å². The van der Waals surface area contributed by atoms with Crippen LogP contribution in [0.25, 0.3) is 0 Å². The number of hydrogen-bond acceptors (Lipinski definition) is 2. The zero-order valence-electron chi connectivity index (χ0n) is 10.6. The molecule has 1 heterocycles. The van der Waals surface area contributed by atoms with E-state index in [0.29, 0.717) is 6.54 Å². The van der Waals surface area contributed by atoms with Gasteiger partial charge in [-0.3, -0.25) is 4.79 Å². The van der Waals surface area contributed by atoms with E-state index in [4.69, 9.17) is 0 Å². The van der Waals surface area contributed by atoms with Crippen LogP contribution in [-0.2, 0) is 11.3 Å². The summed E-state index contributed by atoms with van der Waals surface area (Å²) in [5, 5.41) is 3.15. The highest BCUT2D eigenvalue weighted by Gasteiger charge is 2.44. The molecule has 2 rings (SSSR count). The lowest BCUT2D eigenvalue weighted by molar-refractivity contribution is -0.146. The maximum absolute atomic E-state index is 12.4. The summed E-state index contributed by atoms with van der Waals surface area (Å²) < 4.78 is 0. The zero-order chi connectivity index (χ0) is 12.3. The van der Waals surface area contributed by atoms with Crippen molar-refractivity contribution in [1.29, 1.82) is 0 Å². The quantitative estimate of drug-likeness (QED) is 0.809. The first-order valence-corrected chi connectivity index (χ1v) is 6.20. The summed E-state index contributed by atoms with van der Waals surface area (Å²) in [6.07, 6.45) is 5.09. The van der Waals surface area contributed by atoms with E-state index in [0.717, 1.165) is 25.1 Å². The van der Waals surface area contributed by atoms with Crippen molar-refractivity contribution in [1.82, 2.24) is 15.2 Å². The molecule has 0 aliphatic heterocycles. The van der Waals surface area contributed by atoms with Crippen LogP contribution in [0.4, 0.5) is 0 Å². The van der Waals surface area contributed by atoms with Gasteiger partial charge in [0, 0.05) is 25.5 Å². The number of aromatic nitrogens is 1. The van der Waals surface area contributed by atoms with Crippen molar-refractivity contribution in [2.24, 2.45) is 5.41 Å². The molecule has 1 aromatic rings. The van der Waals surface area contributed by atoms with Crippen molar-refractivity contribution in [3.05, 3.63) is 24.0 Å². The predicted octanol–water partition coefficient (Wildman–Crippen LogP) is 1.36. The Hall–Kier alpha value is -1.29. The maximum Gasteiger partial charge on any atom is 0.230 e. The summed E-state index contributed by atoms with van der Waals surface area (Å²) >= 11 is 0. The van der Waals surface area contributed by atoms with E-state index in [1.165, 1.54) is 6.42 Å². The van der Waals surface area contributed by atoms with Gasteiger partial charge < -0.3 is 15.2 Å². The van der Waals surface area contributed by atoms with Gasteiger partial charge in [-0.05, 0) is 32.0 Å². The van der Waals surface area contributed by atoms with E-state index >= 15 is 0 Å². The van der Waals surface area contributed by atoms with Crippen molar-refractivity contribution in [2.75, 3.05) is 20.6 Å². The molecule has 0 atom stereocenters. The molecule has 1 amide bonds. The molecule has 0 saturated heterocycles. The molecule has 4 heteroatoms. The number of nitrogens with zero attached hydrogens (tertiary/aromatic N) is 1. The number of nitrogens with one attached hydrogen (secondary N) is 2. The molecule has 17 heavy (non-hydrogen) atoms. The van der Waals surface area contributed by atoms with Gasteiger partial charge in [-0.2, -0.15) is 0 Å². The van der Waals surface area contributed by atoms with E-state index in [-0.39, 0.29) is 11.3 Å². The number of amides is 1. The summed E-state index contributed by atoms with van der Waals surface area (Å²) in [7, 11) is 3.80. The first kappa shape index (κ1) is 12.2. The number of carbonyl (C=O) groups is 1. The van der Waals surface area contributed by atoms with E-state index in [2.05, 4.69) is 10.3 Å². The molecular formula is C13H21N3O. The molecule has 94 valence electrons. The Balaban J connectivity index is 1.98. The van der Waals surface area contributed by atoms with E-state index < -0.39 is 0 Å². The molecule has 1 fully saturated rings. The minimum Gasteiger partial charge on any atom is -0.364 e. The topological polar surface area (TPSA) is 48.1 Å². The standard InChI is InChI=1S/C13H21N3O/c1-14-10-13(6-4-7-13)12(17)16(2)9-11-5-3-8-15-11/h3,5,8,14-15H,4,6-7,9-10H2,1-2H3. The Labute approximate surface area is 102 Å². The minimum absolute atomic E-state index is 0.143. The van der Waals surface area contributed by atoms with Gasteiger partial charge in [0.25, 0.3) is 0 Å². The van der Waals surface area contributed by atoms with Gasteiger partial charge in [-0.25, -0.2) is 0 Å². The number of rotatable bonds is 5. The molecular weight excluding hydrogens is 214 g/mol. The molecule has 1 aromatic heterocycles. The fourth-order valence-corrected chi connectivity index (χ4v) is 2.61. The SMILES string of the molecule is CNCC1(C(=O)N(C)Cc2ccc[nH]2)CCC1. The molecule has 0 bridgehead atoms. The van der Waals surface area contributed by atoms with Crippen LogP contribution in [0.3, 0.4) is 0 Å². The highest BCUT2D eigenvalue weighted by atomic mass is 16.2. The van der Waals surface area contributed by atoms with Crippen LogP contribution in [-0.4, -0.2) is 36.4 Å². The monoisotopic (exact) mass is 235 g/mol. The van der Waals surface area contributed by atoms with Crippen molar-refractivity contribution in [2.45, 2.75) is 25.8 Å². The molecule has 0 radical (unpaired) electrons. The third-order valence-corrected chi connectivity index (χ3v) is 3.70. The fourth-order valence-electron chi connectivity index (χ4n) is 2.61. The largest absolute Gasteiger partial charge is 0.364 e. The highest BCUT2D eigenvalue weighted by Crippen LogP contribution is 2.41. The Bertz CT molecular complexity index is 368. The number of aromatic amines is 1. The van der Waals surface area contributed by atoms with Crippen LogP contribution in [0, 0.1) is 5.41 Å². The lowest BCUT2D eigenvalue weighted by Crippen LogP contribution is -2.51. The van der Waals surface area contributed by atoms with Gasteiger partial charge >= 0.3 is 0 Å². The Morgan fingerprint density at radius 3 is 2.82 bits per heavy atom. The lowest BCUT2D eigenvalue weighted by Gasteiger charge is -2.42. The molecule has 0 unspecified atom stereocenters. The van der Waals surface area contributed by atoms with Crippen LogP contribution in [0.2, 0.25) is 0 Å². The van der Waals surface area contributed by atoms with Crippen LogP contribution in [0.15, 0.2) is 18.3 Å². The normalized spacial score (nSPS) is 17.5. The number of H-pyrrole nitrogens is 1. The van der Waals surface area contributed by atoms with Gasteiger partial charge in [-0.15, -0.1) is 0 Å². The second-order valence-electron chi connectivity index (χ2n) is 5.02. The number of hydrogen-bond donors (Lipinski definition) is 2. The molecule has 4 nitrogen and oxygen atoms in total. The summed E-state index contributed by atoms with van der Waals surface area (Å²) in [5.74, 6) is 0.271. The van der Waals surface area contributed by atoms with E-state index in [1.807, 2.05) is 37.3 Å². The molecule has 1 saturated carbocycles. The predicted molar refractivity (Wildman–Crippen MR) is 67.5 cm³/mol. The molecule has 1 aliphatic carbocycles. The second kappa shape index (κ2) is 4.92. The maximum atomic E-state index is 12.4.